The summed E-state index contributed by atoms with van der Waals surface area (Å²) in [5.41, 5.74) is 0. The van der Waals surface area contributed by atoms with E-state index in [0.29, 0.717) is 26.4 Å². The van der Waals surface area contributed by atoms with E-state index in [9.17, 15) is 0 Å². The van der Waals surface area contributed by atoms with Gasteiger partial charge in [0.05, 0.1) is 27.4 Å². The minimum Gasteiger partial charge on any atom is -0.376 e. The van der Waals surface area contributed by atoms with Gasteiger partial charge in [0.25, 0.3) is 0 Å². The quantitative estimate of drug-likeness (QED) is 0.292. The van der Waals surface area contributed by atoms with E-state index in [2.05, 4.69) is 19.6 Å². The second-order valence-electron chi connectivity index (χ2n) is 1.59. The van der Waals surface area contributed by atoms with Gasteiger partial charge in [-0.15, -0.1) is 0 Å². The molecular weight excluding hydrogens is 152 g/mol. The molecule has 0 spiro atoms. The normalized spacial score (nSPS) is 10.4. The molecule has 0 heterocycles. The zero-order valence-electron chi connectivity index (χ0n) is 6.87. The van der Waals surface area contributed by atoms with E-state index in [1.165, 1.54) is 14.2 Å². The molecule has 11 heavy (non-hydrogen) atoms. The SMILES string of the molecule is COOCCOCCOOC. The molecule has 0 aliphatic heterocycles. The van der Waals surface area contributed by atoms with Crippen molar-refractivity contribution in [3.63, 3.8) is 0 Å². The predicted molar refractivity (Wildman–Crippen MR) is 36.7 cm³/mol. The first-order valence-corrected chi connectivity index (χ1v) is 3.30. The van der Waals surface area contributed by atoms with Crippen LogP contribution < -0.4 is 0 Å². The fraction of sp³-hybridized carbons (Fsp3) is 1.00. The van der Waals surface area contributed by atoms with E-state index in [0.717, 1.165) is 0 Å². The van der Waals surface area contributed by atoms with E-state index >= 15 is 0 Å². The second-order valence-corrected chi connectivity index (χ2v) is 1.59. The highest BCUT2D eigenvalue weighted by Crippen LogP contribution is 1.79. The van der Waals surface area contributed by atoms with E-state index in [-0.39, 0.29) is 0 Å². The topological polar surface area (TPSA) is 46.2 Å². The van der Waals surface area contributed by atoms with Gasteiger partial charge in [-0.1, -0.05) is 0 Å². The van der Waals surface area contributed by atoms with Crippen LogP contribution in [0.4, 0.5) is 0 Å². The van der Waals surface area contributed by atoms with Crippen molar-refractivity contribution in [2.24, 2.45) is 0 Å². The van der Waals surface area contributed by atoms with Gasteiger partial charge in [-0.3, -0.25) is 0 Å². The summed E-state index contributed by atoms with van der Waals surface area (Å²) in [5.74, 6) is 0. The largest absolute Gasteiger partial charge is 0.376 e. The molecule has 0 unspecified atom stereocenters. The summed E-state index contributed by atoms with van der Waals surface area (Å²) in [7, 11) is 2.90. The molecule has 0 radical (unpaired) electrons. The molecule has 0 aromatic rings. The van der Waals surface area contributed by atoms with Gasteiger partial charge in [-0.05, 0) is 0 Å². The van der Waals surface area contributed by atoms with Crippen molar-refractivity contribution in [3.8, 4) is 0 Å². The first-order chi connectivity index (χ1) is 5.41. The summed E-state index contributed by atoms with van der Waals surface area (Å²) < 4.78 is 5.03. The van der Waals surface area contributed by atoms with Gasteiger partial charge in [0, 0.05) is 0 Å². The van der Waals surface area contributed by atoms with Gasteiger partial charge in [-0.25, -0.2) is 19.6 Å². The van der Waals surface area contributed by atoms with Crippen LogP contribution in [0.25, 0.3) is 0 Å². The smallest absolute Gasteiger partial charge is 0.106 e. The summed E-state index contributed by atoms with van der Waals surface area (Å²) >= 11 is 0. The Hall–Kier alpha value is -0.200. The van der Waals surface area contributed by atoms with Crippen molar-refractivity contribution in [2.45, 2.75) is 0 Å². The second kappa shape index (κ2) is 9.80. The fourth-order valence-corrected chi connectivity index (χ4v) is 0.455. The van der Waals surface area contributed by atoms with Crippen LogP contribution in [-0.2, 0) is 24.3 Å². The average molecular weight is 166 g/mol. The summed E-state index contributed by atoms with van der Waals surface area (Å²) in [6, 6.07) is 0. The summed E-state index contributed by atoms with van der Waals surface area (Å²) in [6.45, 7) is 1.81. The first-order valence-electron chi connectivity index (χ1n) is 3.30. The minimum atomic E-state index is 0.420. The van der Waals surface area contributed by atoms with Gasteiger partial charge >= 0.3 is 0 Å². The molecular formula is C6H14O5. The first kappa shape index (κ1) is 10.8. The molecule has 0 aliphatic rings. The zero-order chi connectivity index (χ0) is 8.36. The lowest BCUT2D eigenvalue weighted by Gasteiger charge is -2.02. The minimum absolute atomic E-state index is 0.420. The molecule has 0 aromatic carbocycles. The van der Waals surface area contributed by atoms with Crippen LogP contribution in [0, 0.1) is 0 Å². The fourth-order valence-electron chi connectivity index (χ4n) is 0.455. The Bertz CT molecular complexity index is 60.0. The van der Waals surface area contributed by atoms with E-state index in [4.69, 9.17) is 4.74 Å². The van der Waals surface area contributed by atoms with Gasteiger partial charge < -0.3 is 4.74 Å². The third-order valence-electron chi connectivity index (χ3n) is 0.858. The summed E-state index contributed by atoms with van der Waals surface area (Å²) in [4.78, 5) is 17.8. The Morgan fingerprint density at radius 2 is 1.18 bits per heavy atom. The van der Waals surface area contributed by atoms with E-state index in [1.54, 1.807) is 0 Å². The lowest BCUT2D eigenvalue weighted by Crippen LogP contribution is -2.08. The van der Waals surface area contributed by atoms with Gasteiger partial charge in [0.1, 0.15) is 13.2 Å². The van der Waals surface area contributed by atoms with Crippen LogP contribution in [-0.4, -0.2) is 40.6 Å². The Morgan fingerprint density at radius 3 is 1.55 bits per heavy atom. The molecule has 0 amide bonds. The van der Waals surface area contributed by atoms with Crippen LogP contribution in [0.1, 0.15) is 0 Å². The van der Waals surface area contributed by atoms with Crippen LogP contribution >= 0.6 is 0 Å². The molecule has 0 saturated heterocycles. The van der Waals surface area contributed by atoms with Gasteiger partial charge in [0.2, 0.25) is 0 Å². The zero-order valence-corrected chi connectivity index (χ0v) is 6.87. The Morgan fingerprint density at radius 1 is 0.727 bits per heavy atom. The number of rotatable bonds is 8. The lowest BCUT2D eigenvalue weighted by atomic mass is 10.7. The van der Waals surface area contributed by atoms with Gasteiger partial charge in [0.15, 0.2) is 0 Å². The Kier molecular flexibility index (Phi) is 9.62. The van der Waals surface area contributed by atoms with Crippen molar-refractivity contribution >= 4 is 0 Å². The molecule has 0 rings (SSSR count). The monoisotopic (exact) mass is 166 g/mol. The molecule has 0 N–H and O–H groups in total. The Balaban J connectivity index is 2.69. The number of hydrogen-bond acceptors (Lipinski definition) is 5. The summed E-state index contributed by atoms with van der Waals surface area (Å²) in [5, 5.41) is 0. The standard InChI is InChI=1S/C6H14O5/c1-7-10-5-3-9-4-6-11-8-2/h3-6H2,1-2H3. The van der Waals surface area contributed by atoms with Crippen LogP contribution in [0.3, 0.4) is 0 Å². The lowest BCUT2D eigenvalue weighted by molar-refractivity contribution is -0.287. The maximum Gasteiger partial charge on any atom is 0.106 e. The molecule has 0 atom stereocenters. The molecule has 5 heteroatoms. The molecule has 68 valence electrons. The van der Waals surface area contributed by atoms with Crippen molar-refractivity contribution in [1.82, 2.24) is 0 Å². The van der Waals surface area contributed by atoms with Crippen LogP contribution in [0.15, 0.2) is 0 Å². The van der Waals surface area contributed by atoms with Crippen molar-refractivity contribution in [1.29, 1.82) is 0 Å². The van der Waals surface area contributed by atoms with E-state index < -0.39 is 0 Å². The third kappa shape index (κ3) is 9.80. The maximum atomic E-state index is 5.03. The molecule has 0 fully saturated rings. The molecule has 0 aliphatic carbocycles. The van der Waals surface area contributed by atoms with Crippen LogP contribution in [0.2, 0.25) is 0 Å². The maximum absolute atomic E-state index is 5.03. The highest BCUT2D eigenvalue weighted by molar-refractivity contribution is 4.26. The molecule has 5 nitrogen and oxygen atoms in total. The van der Waals surface area contributed by atoms with E-state index in [1.807, 2.05) is 0 Å². The van der Waals surface area contributed by atoms with Gasteiger partial charge in [-0.2, -0.15) is 0 Å². The van der Waals surface area contributed by atoms with Crippen LogP contribution in [0.5, 0.6) is 0 Å². The number of ether oxygens (including phenoxy) is 1. The van der Waals surface area contributed by atoms with Crippen molar-refractivity contribution in [3.05, 3.63) is 0 Å². The van der Waals surface area contributed by atoms with Crippen molar-refractivity contribution < 1.29 is 24.3 Å². The number of hydrogen-bond donors (Lipinski definition) is 0. The molecule has 0 bridgehead atoms. The Labute approximate surface area is 66.0 Å². The molecule has 0 aromatic heterocycles. The third-order valence-corrected chi connectivity index (χ3v) is 0.858. The highest BCUT2D eigenvalue weighted by Gasteiger charge is 1.88. The molecule has 0 saturated carbocycles. The van der Waals surface area contributed by atoms with Crippen molar-refractivity contribution in [2.75, 3.05) is 40.6 Å². The predicted octanol–water partition coefficient (Wildman–Crippen LogP) is 0.159. The summed E-state index contributed by atoms with van der Waals surface area (Å²) in [6.07, 6.45) is 0. The average Bonchev–Trinajstić information content (AvgIpc) is 2.03. The highest BCUT2D eigenvalue weighted by atomic mass is 17.2.